The van der Waals surface area contributed by atoms with Crippen LogP contribution in [0.15, 0.2) is 30.3 Å². The van der Waals surface area contributed by atoms with E-state index in [9.17, 15) is 0 Å². The first kappa shape index (κ1) is 9.94. The maximum absolute atomic E-state index is 2.57. The Bertz CT molecular complexity index is 447. The molecule has 0 aromatic heterocycles. The highest BCUT2D eigenvalue weighted by Crippen LogP contribution is 2.58. The third kappa shape index (κ3) is 1.19. The molecule has 4 rings (SSSR count). The van der Waals surface area contributed by atoms with E-state index in [1.165, 1.54) is 44.1 Å². The van der Waals surface area contributed by atoms with Gasteiger partial charge in [0.05, 0.1) is 0 Å². The summed E-state index contributed by atoms with van der Waals surface area (Å²) in [4.78, 5) is 0. The first-order chi connectivity index (χ1) is 8.41. The fourth-order valence-corrected chi connectivity index (χ4v) is 4.17. The first-order valence-electron chi connectivity index (χ1n) is 7.20. The minimum atomic E-state index is 0.438. The zero-order valence-corrected chi connectivity index (χ0v) is 10.4. The Hall–Kier alpha value is -1.04. The highest BCUT2D eigenvalue weighted by Gasteiger charge is 2.50. The molecule has 0 saturated heterocycles. The summed E-state index contributed by atoms with van der Waals surface area (Å²) in [7, 11) is 0. The van der Waals surface area contributed by atoms with E-state index in [1.54, 1.807) is 5.56 Å². The van der Waals surface area contributed by atoms with Gasteiger partial charge in [-0.2, -0.15) is 0 Å². The summed E-state index contributed by atoms with van der Waals surface area (Å²) < 4.78 is 0. The van der Waals surface area contributed by atoms with Gasteiger partial charge in [0.15, 0.2) is 0 Å². The monoisotopic (exact) mass is 224 g/mol. The third-order valence-corrected chi connectivity index (χ3v) is 5.53. The number of allylic oxidation sites excluding steroid dienone is 1. The van der Waals surface area contributed by atoms with E-state index >= 15 is 0 Å². The van der Waals surface area contributed by atoms with Gasteiger partial charge in [-0.05, 0) is 48.6 Å². The van der Waals surface area contributed by atoms with E-state index in [0.29, 0.717) is 5.41 Å². The van der Waals surface area contributed by atoms with Gasteiger partial charge in [-0.15, -0.1) is 0 Å². The molecular formula is C17H20. The predicted octanol–water partition coefficient (Wildman–Crippen LogP) is 4.55. The Morgan fingerprint density at radius 1 is 0.882 bits per heavy atom. The summed E-state index contributed by atoms with van der Waals surface area (Å²) >= 11 is 0. The molecule has 0 heterocycles. The second kappa shape index (κ2) is 3.48. The van der Waals surface area contributed by atoms with Crippen LogP contribution in [0.4, 0.5) is 0 Å². The molecule has 0 spiro atoms. The summed E-state index contributed by atoms with van der Waals surface area (Å²) in [6.45, 7) is 0. The molecule has 2 saturated carbocycles. The quantitative estimate of drug-likeness (QED) is 0.691. The summed E-state index contributed by atoms with van der Waals surface area (Å²) in [5.74, 6) is 1.88. The van der Waals surface area contributed by atoms with E-state index in [4.69, 9.17) is 0 Å². The molecule has 1 aromatic rings. The molecule has 0 N–H and O–H groups in total. The lowest BCUT2D eigenvalue weighted by Crippen LogP contribution is -2.45. The van der Waals surface area contributed by atoms with E-state index in [-0.39, 0.29) is 0 Å². The van der Waals surface area contributed by atoms with Crippen LogP contribution in [-0.2, 0) is 5.41 Å². The lowest BCUT2D eigenvalue weighted by atomic mass is 9.53. The van der Waals surface area contributed by atoms with Crippen molar-refractivity contribution >= 4 is 6.08 Å². The van der Waals surface area contributed by atoms with Crippen molar-refractivity contribution in [1.82, 2.24) is 0 Å². The van der Waals surface area contributed by atoms with E-state index in [2.05, 4.69) is 36.4 Å². The Morgan fingerprint density at radius 2 is 1.53 bits per heavy atom. The fraction of sp³-hybridized carbons (Fsp3) is 0.529. The molecule has 0 amide bonds. The van der Waals surface area contributed by atoms with Crippen molar-refractivity contribution in [1.29, 1.82) is 0 Å². The summed E-state index contributed by atoms with van der Waals surface area (Å²) in [6, 6.07) is 9.11. The van der Waals surface area contributed by atoms with E-state index in [0.717, 1.165) is 11.8 Å². The number of hydrogen-bond donors (Lipinski definition) is 0. The second-order valence-corrected chi connectivity index (χ2v) is 6.11. The van der Waals surface area contributed by atoms with Crippen molar-refractivity contribution < 1.29 is 0 Å². The Morgan fingerprint density at radius 3 is 2.12 bits per heavy atom. The standard InChI is InChI=1S/C17H20/c1-2-10-16-13(5-1)11-12-17(16,14-6-3-7-14)15-8-4-9-15/h1-2,5,10-12,14-15H,3-4,6-9H2. The van der Waals surface area contributed by atoms with Gasteiger partial charge in [-0.3, -0.25) is 0 Å². The topological polar surface area (TPSA) is 0 Å². The Labute approximate surface area is 104 Å². The molecule has 0 aliphatic heterocycles. The molecule has 3 aliphatic rings. The van der Waals surface area contributed by atoms with Gasteiger partial charge in [-0.25, -0.2) is 0 Å². The van der Waals surface area contributed by atoms with Gasteiger partial charge >= 0.3 is 0 Å². The van der Waals surface area contributed by atoms with Gasteiger partial charge in [0.2, 0.25) is 0 Å². The van der Waals surface area contributed by atoms with Gasteiger partial charge in [0, 0.05) is 5.41 Å². The minimum Gasteiger partial charge on any atom is -0.0728 e. The summed E-state index contributed by atoms with van der Waals surface area (Å²) in [5.41, 5.74) is 3.58. The van der Waals surface area contributed by atoms with Crippen molar-refractivity contribution in [2.45, 2.75) is 43.9 Å². The lowest BCUT2D eigenvalue weighted by Gasteiger charge is -2.51. The average molecular weight is 224 g/mol. The molecule has 3 aliphatic carbocycles. The van der Waals surface area contributed by atoms with E-state index < -0.39 is 0 Å². The zero-order valence-electron chi connectivity index (χ0n) is 10.4. The van der Waals surface area contributed by atoms with Crippen LogP contribution in [0.25, 0.3) is 6.08 Å². The van der Waals surface area contributed by atoms with Crippen molar-refractivity contribution in [2.24, 2.45) is 11.8 Å². The van der Waals surface area contributed by atoms with Crippen LogP contribution in [0.2, 0.25) is 0 Å². The summed E-state index contributed by atoms with van der Waals surface area (Å²) in [6.07, 6.45) is 13.7. The number of rotatable bonds is 2. The van der Waals surface area contributed by atoms with Crippen LogP contribution in [0.3, 0.4) is 0 Å². The van der Waals surface area contributed by atoms with Gasteiger partial charge in [-0.1, -0.05) is 49.3 Å². The first-order valence-corrected chi connectivity index (χ1v) is 7.20. The van der Waals surface area contributed by atoms with E-state index in [1.807, 2.05) is 0 Å². The van der Waals surface area contributed by atoms with Crippen molar-refractivity contribution in [3.8, 4) is 0 Å². The number of hydrogen-bond acceptors (Lipinski definition) is 0. The largest absolute Gasteiger partial charge is 0.0728 e. The second-order valence-electron chi connectivity index (χ2n) is 6.11. The van der Waals surface area contributed by atoms with Crippen LogP contribution in [0, 0.1) is 11.8 Å². The van der Waals surface area contributed by atoms with Crippen LogP contribution in [0.1, 0.15) is 49.7 Å². The molecule has 0 unspecified atom stereocenters. The zero-order chi connectivity index (χ0) is 11.3. The normalized spacial score (nSPS) is 26.4. The van der Waals surface area contributed by atoms with Crippen molar-refractivity contribution in [3.05, 3.63) is 41.5 Å². The lowest BCUT2D eigenvalue weighted by molar-refractivity contribution is 0.0924. The molecule has 88 valence electrons. The van der Waals surface area contributed by atoms with Gasteiger partial charge in [0.1, 0.15) is 0 Å². The molecule has 0 atom stereocenters. The molecular weight excluding hydrogens is 204 g/mol. The molecule has 17 heavy (non-hydrogen) atoms. The maximum atomic E-state index is 2.57. The SMILES string of the molecule is C1=CC(C2CCC2)(C2CCC2)c2ccccc21. The Balaban J connectivity index is 1.84. The van der Waals surface area contributed by atoms with Crippen LogP contribution >= 0.6 is 0 Å². The van der Waals surface area contributed by atoms with Crippen molar-refractivity contribution in [2.75, 3.05) is 0 Å². The maximum Gasteiger partial charge on any atom is 0.0197 e. The Kier molecular flexibility index (Phi) is 2.03. The van der Waals surface area contributed by atoms with Gasteiger partial charge < -0.3 is 0 Å². The molecule has 2 fully saturated rings. The van der Waals surface area contributed by atoms with Crippen LogP contribution < -0.4 is 0 Å². The third-order valence-electron chi connectivity index (χ3n) is 5.53. The molecule has 0 radical (unpaired) electrons. The highest BCUT2D eigenvalue weighted by molar-refractivity contribution is 5.66. The highest BCUT2D eigenvalue weighted by atomic mass is 14.5. The predicted molar refractivity (Wildman–Crippen MR) is 71.8 cm³/mol. The molecule has 0 bridgehead atoms. The molecule has 1 aromatic carbocycles. The smallest absolute Gasteiger partial charge is 0.0197 e. The van der Waals surface area contributed by atoms with Crippen molar-refractivity contribution in [3.63, 3.8) is 0 Å². The number of fused-ring (bicyclic) bond motifs is 1. The molecule has 0 nitrogen and oxygen atoms in total. The summed E-state index contributed by atoms with van der Waals surface area (Å²) in [5, 5.41) is 0. The van der Waals surface area contributed by atoms with Gasteiger partial charge in [0.25, 0.3) is 0 Å². The fourth-order valence-electron chi connectivity index (χ4n) is 4.17. The van der Waals surface area contributed by atoms with Crippen LogP contribution in [-0.4, -0.2) is 0 Å². The minimum absolute atomic E-state index is 0.438. The number of benzene rings is 1. The van der Waals surface area contributed by atoms with Crippen LogP contribution in [0.5, 0.6) is 0 Å². The average Bonchev–Trinajstić information content (AvgIpc) is 2.54. The molecule has 0 heteroatoms.